The molecule has 7 nitrogen and oxygen atoms in total. The molecular weight excluding hydrogens is 296 g/mol. The Bertz CT molecular complexity index is 537. The predicted molar refractivity (Wildman–Crippen MR) is 86.9 cm³/mol. The summed E-state index contributed by atoms with van der Waals surface area (Å²) in [5.74, 6) is 0.0103. The van der Waals surface area contributed by atoms with Gasteiger partial charge in [0, 0.05) is 44.8 Å². The summed E-state index contributed by atoms with van der Waals surface area (Å²) in [5.41, 5.74) is 6.55. The SMILES string of the molecule is CC(O)CN1CCN(C(=O)c2ccc(CNC(N)=O)cc2)CC1. The molecule has 1 atom stereocenters. The zero-order valence-corrected chi connectivity index (χ0v) is 13.4. The third-order valence-corrected chi connectivity index (χ3v) is 3.85. The van der Waals surface area contributed by atoms with Gasteiger partial charge in [-0.25, -0.2) is 4.79 Å². The van der Waals surface area contributed by atoms with Crippen LogP contribution in [0.3, 0.4) is 0 Å². The van der Waals surface area contributed by atoms with E-state index in [1.54, 1.807) is 19.1 Å². The second kappa shape index (κ2) is 7.94. The van der Waals surface area contributed by atoms with E-state index >= 15 is 0 Å². The van der Waals surface area contributed by atoms with Crippen molar-refractivity contribution >= 4 is 11.9 Å². The molecule has 1 aliphatic heterocycles. The number of primary amides is 1. The van der Waals surface area contributed by atoms with E-state index in [1.807, 2.05) is 17.0 Å². The van der Waals surface area contributed by atoms with Crippen molar-refractivity contribution in [3.63, 3.8) is 0 Å². The van der Waals surface area contributed by atoms with Crippen molar-refractivity contribution in [1.82, 2.24) is 15.1 Å². The highest BCUT2D eigenvalue weighted by Crippen LogP contribution is 2.11. The fourth-order valence-corrected chi connectivity index (χ4v) is 2.64. The van der Waals surface area contributed by atoms with Gasteiger partial charge in [-0.15, -0.1) is 0 Å². The lowest BCUT2D eigenvalue weighted by molar-refractivity contribution is 0.0554. The molecule has 0 aliphatic carbocycles. The summed E-state index contributed by atoms with van der Waals surface area (Å²) in [6.45, 7) is 5.64. The third kappa shape index (κ3) is 5.22. The highest BCUT2D eigenvalue weighted by molar-refractivity contribution is 5.94. The number of carbonyl (C=O) groups excluding carboxylic acids is 2. The van der Waals surface area contributed by atoms with Crippen molar-refractivity contribution in [1.29, 1.82) is 0 Å². The molecule has 2 rings (SSSR count). The molecular formula is C16H24N4O3. The van der Waals surface area contributed by atoms with E-state index in [1.165, 1.54) is 0 Å². The molecule has 0 bridgehead atoms. The predicted octanol–water partition coefficient (Wildman–Crippen LogP) is -0.00650. The molecule has 4 N–H and O–H groups in total. The van der Waals surface area contributed by atoms with Crippen molar-refractivity contribution in [3.05, 3.63) is 35.4 Å². The number of aliphatic hydroxyl groups is 1. The first-order valence-corrected chi connectivity index (χ1v) is 7.77. The number of aliphatic hydroxyl groups excluding tert-OH is 1. The second-order valence-corrected chi connectivity index (χ2v) is 5.86. The Morgan fingerprint density at radius 2 is 1.83 bits per heavy atom. The Morgan fingerprint density at radius 3 is 2.35 bits per heavy atom. The van der Waals surface area contributed by atoms with Crippen molar-refractivity contribution in [2.24, 2.45) is 5.73 Å². The lowest BCUT2D eigenvalue weighted by Crippen LogP contribution is -2.50. The summed E-state index contributed by atoms with van der Waals surface area (Å²) >= 11 is 0. The van der Waals surface area contributed by atoms with Crippen LogP contribution >= 0.6 is 0 Å². The summed E-state index contributed by atoms with van der Waals surface area (Å²) in [6, 6.07) is 6.59. The Kier molecular flexibility index (Phi) is 5.95. The van der Waals surface area contributed by atoms with E-state index < -0.39 is 6.03 Å². The normalized spacial score (nSPS) is 16.9. The summed E-state index contributed by atoms with van der Waals surface area (Å²) in [5, 5.41) is 11.9. The summed E-state index contributed by atoms with van der Waals surface area (Å²) in [6.07, 6.45) is -0.348. The summed E-state index contributed by atoms with van der Waals surface area (Å²) < 4.78 is 0. The molecule has 1 fully saturated rings. The van der Waals surface area contributed by atoms with Crippen LogP contribution < -0.4 is 11.1 Å². The average molecular weight is 320 g/mol. The summed E-state index contributed by atoms with van der Waals surface area (Å²) in [4.78, 5) is 27.1. The average Bonchev–Trinajstić information content (AvgIpc) is 2.53. The number of rotatable bonds is 5. The molecule has 0 aromatic heterocycles. The number of benzene rings is 1. The van der Waals surface area contributed by atoms with Crippen LogP contribution in [0.25, 0.3) is 0 Å². The molecule has 1 heterocycles. The maximum absolute atomic E-state index is 12.5. The van der Waals surface area contributed by atoms with E-state index in [-0.39, 0.29) is 12.0 Å². The zero-order chi connectivity index (χ0) is 16.8. The van der Waals surface area contributed by atoms with Crippen LogP contribution in [0, 0.1) is 0 Å². The van der Waals surface area contributed by atoms with E-state index in [4.69, 9.17) is 5.73 Å². The number of hydrogen-bond acceptors (Lipinski definition) is 4. The number of β-amino-alcohol motifs (C(OH)–C–C–N with tert-alkyl or cyclic N) is 1. The lowest BCUT2D eigenvalue weighted by Gasteiger charge is -2.35. The largest absolute Gasteiger partial charge is 0.392 e. The number of carbonyl (C=O) groups is 2. The minimum Gasteiger partial charge on any atom is -0.392 e. The number of amides is 3. The Hall–Kier alpha value is -2.12. The quantitative estimate of drug-likeness (QED) is 0.711. The van der Waals surface area contributed by atoms with Gasteiger partial charge in [0.2, 0.25) is 0 Å². The molecule has 3 amide bonds. The fourth-order valence-electron chi connectivity index (χ4n) is 2.64. The van der Waals surface area contributed by atoms with E-state index in [0.717, 1.165) is 18.7 Å². The molecule has 1 aliphatic rings. The monoisotopic (exact) mass is 320 g/mol. The first kappa shape index (κ1) is 17.2. The topological polar surface area (TPSA) is 98.9 Å². The lowest BCUT2D eigenvalue weighted by atomic mass is 10.1. The maximum atomic E-state index is 12.5. The molecule has 1 saturated heterocycles. The molecule has 0 spiro atoms. The van der Waals surface area contributed by atoms with E-state index in [0.29, 0.717) is 31.7 Å². The van der Waals surface area contributed by atoms with Crippen molar-refractivity contribution in [2.75, 3.05) is 32.7 Å². The van der Waals surface area contributed by atoms with Crippen LogP contribution in [-0.2, 0) is 6.54 Å². The van der Waals surface area contributed by atoms with Crippen LogP contribution in [0.4, 0.5) is 4.79 Å². The Labute approximate surface area is 136 Å². The molecule has 1 aromatic rings. The number of piperazine rings is 1. The van der Waals surface area contributed by atoms with Gasteiger partial charge in [0.15, 0.2) is 0 Å². The number of nitrogens with zero attached hydrogens (tertiary/aromatic N) is 2. The standard InChI is InChI=1S/C16H24N4O3/c1-12(21)11-19-6-8-20(9-7-19)15(22)14-4-2-13(3-5-14)10-18-16(17)23/h2-5,12,21H,6-11H2,1H3,(H3,17,18,23). The van der Waals surface area contributed by atoms with E-state index in [9.17, 15) is 14.7 Å². The van der Waals surface area contributed by atoms with Gasteiger partial charge in [0.25, 0.3) is 5.91 Å². The van der Waals surface area contributed by atoms with Gasteiger partial charge in [-0.05, 0) is 24.6 Å². The van der Waals surface area contributed by atoms with Gasteiger partial charge in [0.05, 0.1) is 6.10 Å². The Balaban J connectivity index is 1.87. The molecule has 1 unspecified atom stereocenters. The summed E-state index contributed by atoms with van der Waals surface area (Å²) in [7, 11) is 0. The smallest absolute Gasteiger partial charge is 0.312 e. The van der Waals surface area contributed by atoms with Gasteiger partial charge >= 0.3 is 6.03 Å². The fraction of sp³-hybridized carbons (Fsp3) is 0.500. The molecule has 23 heavy (non-hydrogen) atoms. The molecule has 126 valence electrons. The number of hydrogen-bond donors (Lipinski definition) is 3. The van der Waals surface area contributed by atoms with Crippen molar-refractivity contribution in [2.45, 2.75) is 19.6 Å². The van der Waals surface area contributed by atoms with Crippen LogP contribution in [0.15, 0.2) is 24.3 Å². The molecule has 0 radical (unpaired) electrons. The minimum atomic E-state index is -0.569. The van der Waals surface area contributed by atoms with Crippen LogP contribution in [-0.4, -0.2) is 65.7 Å². The first-order valence-electron chi connectivity index (χ1n) is 7.77. The first-order chi connectivity index (χ1) is 11.0. The van der Waals surface area contributed by atoms with Gasteiger partial charge < -0.3 is 21.1 Å². The van der Waals surface area contributed by atoms with Crippen LogP contribution in [0.1, 0.15) is 22.8 Å². The van der Waals surface area contributed by atoms with Crippen molar-refractivity contribution < 1.29 is 14.7 Å². The van der Waals surface area contributed by atoms with Crippen molar-refractivity contribution in [3.8, 4) is 0 Å². The highest BCUT2D eigenvalue weighted by Gasteiger charge is 2.22. The van der Waals surface area contributed by atoms with Crippen LogP contribution in [0.5, 0.6) is 0 Å². The zero-order valence-electron chi connectivity index (χ0n) is 13.4. The maximum Gasteiger partial charge on any atom is 0.312 e. The van der Waals surface area contributed by atoms with E-state index in [2.05, 4.69) is 10.2 Å². The van der Waals surface area contributed by atoms with Gasteiger partial charge in [0.1, 0.15) is 0 Å². The number of nitrogens with one attached hydrogen (secondary N) is 1. The van der Waals surface area contributed by atoms with Gasteiger partial charge in [-0.3, -0.25) is 9.69 Å². The minimum absolute atomic E-state index is 0.0103. The second-order valence-electron chi connectivity index (χ2n) is 5.86. The highest BCUT2D eigenvalue weighted by atomic mass is 16.3. The Morgan fingerprint density at radius 1 is 1.22 bits per heavy atom. The molecule has 7 heteroatoms. The van der Waals surface area contributed by atoms with Gasteiger partial charge in [-0.2, -0.15) is 0 Å². The third-order valence-electron chi connectivity index (χ3n) is 3.85. The van der Waals surface area contributed by atoms with Gasteiger partial charge in [-0.1, -0.05) is 12.1 Å². The number of nitrogens with two attached hydrogens (primary N) is 1. The number of urea groups is 1. The van der Waals surface area contributed by atoms with Crippen LogP contribution in [0.2, 0.25) is 0 Å². The molecule has 1 aromatic carbocycles. The molecule has 0 saturated carbocycles.